The summed E-state index contributed by atoms with van der Waals surface area (Å²) in [6, 6.07) is -2.71. The number of nitrogens with zero attached hydrogens (tertiary/aromatic N) is 1. The highest BCUT2D eigenvalue weighted by Gasteiger charge is 2.45. The fourth-order valence-corrected chi connectivity index (χ4v) is 5.28. The number of amides is 4. The maximum absolute atomic E-state index is 13.9. The second kappa shape index (κ2) is 14.8. The molecule has 3 N–H and O–H groups in total. The minimum absolute atomic E-state index is 0.0612. The number of allylic oxidation sites excluding steroid dienone is 1. The maximum atomic E-state index is 13.9. The maximum Gasteiger partial charge on any atom is 0.408 e. The van der Waals surface area contributed by atoms with E-state index in [4.69, 9.17) is 4.74 Å². The van der Waals surface area contributed by atoms with Crippen molar-refractivity contribution in [3.05, 3.63) is 25.3 Å². The summed E-state index contributed by atoms with van der Waals surface area (Å²) in [6.45, 7) is 14.8. The third-order valence-electron chi connectivity index (χ3n) is 7.23. The molecule has 4 atom stereocenters. The number of carbonyl (C=O) groups is 5. The van der Waals surface area contributed by atoms with Gasteiger partial charge in [-0.1, -0.05) is 38.3 Å². The van der Waals surface area contributed by atoms with Crippen LogP contribution in [0.2, 0.25) is 0 Å². The van der Waals surface area contributed by atoms with Crippen molar-refractivity contribution in [3.8, 4) is 0 Å². The van der Waals surface area contributed by atoms with Crippen LogP contribution in [0.25, 0.3) is 0 Å². The van der Waals surface area contributed by atoms with Gasteiger partial charge in [-0.3, -0.25) is 19.2 Å². The summed E-state index contributed by atoms with van der Waals surface area (Å²) < 4.78 is 5.44. The molecule has 1 saturated heterocycles. The molecule has 0 aromatic heterocycles. The summed E-state index contributed by atoms with van der Waals surface area (Å²) in [5, 5.41) is 7.99. The van der Waals surface area contributed by atoms with Gasteiger partial charge in [0, 0.05) is 13.1 Å². The molecule has 0 radical (unpaired) electrons. The molecule has 2 rings (SSSR count). The number of hydrogen-bond donors (Lipinski definition) is 3. The molecular formula is C29H46N4O6. The van der Waals surface area contributed by atoms with E-state index in [-0.39, 0.29) is 30.7 Å². The van der Waals surface area contributed by atoms with Crippen LogP contribution >= 0.6 is 0 Å². The van der Waals surface area contributed by atoms with E-state index >= 15 is 0 Å². The largest absolute Gasteiger partial charge is 0.444 e. The van der Waals surface area contributed by atoms with Gasteiger partial charge < -0.3 is 25.6 Å². The smallest absolute Gasteiger partial charge is 0.408 e. The summed E-state index contributed by atoms with van der Waals surface area (Å²) in [7, 11) is 0. The van der Waals surface area contributed by atoms with E-state index < -0.39 is 47.4 Å². The molecule has 0 spiro atoms. The van der Waals surface area contributed by atoms with E-state index in [2.05, 4.69) is 29.1 Å². The zero-order valence-corrected chi connectivity index (χ0v) is 23.9. The van der Waals surface area contributed by atoms with Gasteiger partial charge in [0.2, 0.25) is 17.6 Å². The van der Waals surface area contributed by atoms with E-state index in [1.54, 1.807) is 26.8 Å². The second-order valence-electron chi connectivity index (χ2n) is 11.6. The number of hydrogen-bond acceptors (Lipinski definition) is 6. The predicted octanol–water partition coefficient (Wildman–Crippen LogP) is 3.02. The lowest BCUT2D eigenvalue weighted by Gasteiger charge is -2.35. The Labute approximate surface area is 232 Å². The number of ketones is 1. The van der Waals surface area contributed by atoms with Crippen LogP contribution in [0.4, 0.5) is 4.79 Å². The molecule has 1 heterocycles. The van der Waals surface area contributed by atoms with Gasteiger partial charge in [-0.2, -0.15) is 0 Å². The number of nitrogens with one attached hydrogen (secondary N) is 3. The average Bonchev–Trinajstić information content (AvgIpc) is 3.28. The van der Waals surface area contributed by atoms with Crippen LogP contribution in [-0.4, -0.2) is 71.3 Å². The van der Waals surface area contributed by atoms with E-state index in [9.17, 15) is 24.0 Å². The lowest BCUT2D eigenvalue weighted by atomic mass is 9.83. The van der Waals surface area contributed by atoms with E-state index in [1.165, 1.54) is 11.0 Å². The Morgan fingerprint density at radius 2 is 1.67 bits per heavy atom. The molecule has 1 aliphatic carbocycles. The van der Waals surface area contributed by atoms with Crippen LogP contribution in [0.5, 0.6) is 0 Å². The van der Waals surface area contributed by atoms with Gasteiger partial charge >= 0.3 is 6.09 Å². The second-order valence-corrected chi connectivity index (χ2v) is 11.6. The molecule has 1 aliphatic heterocycles. The van der Waals surface area contributed by atoms with E-state index in [0.29, 0.717) is 19.4 Å². The molecule has 4 amide bonds. The van der Waals surface area contributed by atoms with Crippen LogP contribution in [-0.2, 0) is 23.9 Å². The highest BCUT2D eigenvalue weighted by atomic mass is 16.6. The number of carbonyl (C=O) groups excluding carboxylic acids is 5. The average molecular weight is 547 g/mol. The van der Waals surface area contributed by atoms with Gasteiger partial charge in [0.15, 0.2) is 0 Å². The highest BCUT2D eigenvalue weighted by molar-refractivity contribution is 6.38. The molecular weight excluding hydrogens is 500 g/mol. The first-order valence-electron chi connectivity index (χ1n) is 14.0. The van der Waals surface area contributed by atoms with Crippen molar-refractivity contribution in [2.24, 2.45) is 11.8 Å². The van der Waals surface area contributed by atoms with Crippen molar-refractivity contribution >= 4 is 29.6 Å². The van der Waals surface area contributed by atoms with Gasteiger partial charge in [-0.05, 0) is 64.7 Å². The van der Waals surface area contributed by atoms with Gasteiger partial charge in [0.25, 0.3) is 5.91 Å². The quantitative estimate of drug-likeness (QED) is 0.255. The summed E-state index contributed by atoms with van der Waals surface area (Å²) >= 11 is 0. The zero-order chi connectivity index (χ0) is 29.2. The fourth-order valence-electron chi connectivity index (χ4n) is 5.28. The van der Waals surface area contributed by atoms with Crippen LogP contribution in [0.1, 0.15) is 79.1 Å². The summed E-state index contributed by atoms with van der Waals surface area (Å²) in [4.78, 5) is 66.8. The number of Topliss-reactive ketones (excluding diaryl/α,β-unsaturated/α-hetero) is 1. The summed E-state index contributed by atoms with van der Waals surface area (Å²) in [5.41, 5.74) is -0.722. The molecule has 0 aromatic carbocycles. The Hall–Kier alpha value is -3.17. The number of likely N-dealkylation sites (tertiary alicyclic amines) is 1. The molecule has 39 heavy (non-hydrogen) atoms. The fraction of sp³-hybridized carbons (Fsp3) is 0.690. The molecule has 0 unspecified atom stereocenters. The molecule has 10 nitrogen and oxygen atoms in total. The highest BCUT2D eigenvalue weighted by Crippen LogP contribution is 2.31. The Morgan fingerprint density at radius 1 is 1.00 bits per heavy atom. The van der Waals surface area contributed by atoms with Crippen LogP contribution in [0.3, 0.4) is 0 Å². The Balaban J connectivity index is 2.25. The van der Waals surface area contributed by atoms with Crippen molar-refractivity contribution in [2.75, 3.05) is 13.1 Å². The van der Waals surface area contributed by atoms with Crippen molar-refractivity contribution < 1.29 is 28.7 Å². The van der Waals surface area contributed by atoms with Gasteiger partial charge in [0.05, 0.1) is 6.04 Å². The van der Waals surface area contributed by atoms with Crippen LogP contribution < -0.4 is 16.0 Å². The Kier molecular flexibility index (Phi) is 12.2. The van der Waals surface area contributed by atoms with E-state index in [1.807, 2.05) is 6.92 Å². The van der Waals surface area contributed by atoms with Crippen molar-refractivity contribution in [3.63, 3.8) is 0 Å². The Bertz CT molecular complexity index is 921. The number of rotatable bonds is 12. The molecule has 1 saturated carbocycles. The monoisotopic (exact) mass is 546 g/mol. The third-order valence-corrected chi connectivity index (χ3v) is 7.23. The first kappa shape index (κ1) is 32.0. The van der Waals surface area contributed by atoms with Gasteiger partial charge in [0.1, 0.15) is 17.7 Å². The third kappa shape index (κ3) is 9.51. The topological polar surface area (TPSA) is 134 Å². The SMILES string of the molecule is C=CCC[C@H](NC(=O)[C@@H]1[C@@H](C)CCN1C(=O)[C@@H](NC(=O)OC(C)(C)C)C1CCCCC1)C(=O)C(=O)NCC=C. The first-order chi connectivity index (χ1) is 18.4. The molecule has 2 aliphatic rings. The van der Waals surface area contributed by atoms with Gasteiger partial charge in [-0.15, -0.1) is 13.2 Å². The first-order valence-corrected chi connectivity index (χ1v) is 14.0. The minimum atomic E-state index is -1.06. The van der Waals surface area contributed by atoms with Crippen molar-refractivity contribution in [1.29, 1.82) is 0 Å². The molecule has 2 fully saturated rings. The number of ether oxygens (including phenoxy) is 1. The molecule has 0 aromatic rings. The molecule has 0 bridgehead atoms. The number of alkyl carbamates (subject to hydrolysis) is 1. The zero-order valence-electron chi connectivity index (χ0n) is 23.9. The lowest BCUT2D eigenvalue weighted by molar-refractivity contribution is -0.144. The Morgan fingerprint density at radius 3 is 2.26 bits per heavy atom. The molecule has 218 valence electrons. The molecule has 10 heteroatoms. The van der Waals surface area contributed by atoms with Crippen molar-refractivity contribution in [2.45, 2.75) is 103 Å². The lowest BCUT2D eigenvalue weighted by Crippen LogP contribution is -2.59. The van der Waals surface area contributed by atoms with Gasteiger partial charge in [-0.25, -0.2) is 4.79 Å². The predicted molar refractivity (Wildman–Crippen MR) is 149 cm³/mol. The minimum Gasteiger partial charge on any atom is -0.444 e. The van der Waals surface area contributed by atoms with E-state index in [0.717, 1.165) is 32.1 Å². The van der Waals surface area contributed by atoms with Crippen LogP contribution in [0.15, 0.2) is 25.3 Å². The standard InChI is InChI=1S/C29H46N4O6/c1-7-9-15-21(24(34)26(36)30-17-8-2)31-25(35)23-19(3)16-18-33(23)27(37)22(20-13-11-10-12-14-20)32-28(38)39-29(4,5)6/h7-8,19-23H,1-2,9-18H2,3-6H3,(H,30,36)(H,31,35)(H,32,38)/t19-,21-,22-,23-/m0/s1. The summed E-state index contributed by atoms with van der Waals surface area (Å²) in [6.07, 6.45) is 8.22. The van der Waals surface area contributed by atoms with Crippen molar-refractivity contribution in [1.82, 2.24) is 20.9 Å². The normalized spacial score (nSPS) is 21.3. The van der Waals surface area contributed by atoms with Crippen LogP contribution in [0, 0.1) is 11.8 Å². The summed E-state index contributed by atoms with van der Waals surface area (Å²) in [5.74, 6) is -2.62.